The highest BCUT2D eigenvalue weighted by molar-refractivity contribution is 6.34. The summed E-state index contributed by atoms with van der Waals surface area (Å²) in [6, 6.07) is 17.9. The van der Waals surface area contributed by atoms with Gasteiger partial charge in [0.25, 0.3) is 11.8 Å². The van der Waals surface area contributed by atoms with Crippen LogP contribution in [-0.4, -0.2) is 33.0 Å². The normalized spacial score (nSPS) is 11.3. The molecule has 0 aliphatic heterocycles. The quantitative estimate of drug-likeness (QED) is 0.247. The van der Waals surface area contributed by atoms with Gasteiger partial charge < -0.3 is 25.8 Å². The molecule has 2 amide bonds. The summed E-state index contributed by atoms with van der Waals surface area (Å²) in [6.45, 7) is 0.299. The van der Waals surface area contributed by atoms with Gasteiger partial charge in [0, 0.05) is 34.8 Å². The minimum atomic E-state index is -1.40. The molecule has 9 heteroatoms. The Morgan fingerprint density at radius 3 is 2.51 bits per heavy atom. The number of nitrogens with one attached hydrogen (secondary N) is 3. The van der Waals surface area contributed by atoms with Crippen LogP contribution in [0.5, 0.6) is 5.75 Å². The molecular weight excluding hydrogens is 470 g/mol. The molecule has 0 aliphatic carbocycles. The minimum absolute atomic E-state index is 0.00950. The number of H-pyrrole nitrogens is 1. The van der Waals surface area contributed by atoms with Crippen LogP contribution >= 0.6 is 11.6 Å². The fraction of sp³-hybridized carbons (Fsp3) is 0.0385. The molecule has 0 saturated heterocycles. The third kappa shape index (κ3) is 5.34. The first-order valence-corrected chi connectivity index (χ1v) is 10.9. The number of aromatic nitrogens is 1. The third-order valence-electron chi connectivity index (χ3n) is 5.32. The number of rotatable bonds is 7. The second-order valence-electron chi connectivity index (χ2n) is 7.61. The maximum atomic E-state index is 12.7. The van der Waals surface area contributed by atoms with Gasteiger partial charge >= 0.3 is 5.97 Å². The Hall–Kier alpha value is -4.56. The van der Waals surface area contributed by atoms with E-state index >= 15 is 0 Å². The molecule has 0 spiro atoms. The number of aromatic hydroxyl groups is 1. The predicted octanol–water partition coefficient (Wildman–Crippen LogP) is 4.31. The lowest BCUT2D eigenvalue weighted by Crippen LogP contribution is -2.28. The monoisotopic (exact) mass is 489 g/mol. The summed E-state index contributed by atoms with van der Waals surface area (Å²) in [5.74, 6) is -2.69. The summed E-state index contributed by atoms with van der Waals surface area (Å²) < 4.78 is 0. The highest BCUT2D eigenvalue weighted by Gasteiger charge is 2.18. The van der Waals surface area contributed by atoms with Crippen molar-refractivity contribution in [3.05, 3.63) is 106 Å². The number of carboxylic acids is 1. The number of phenols is 1. The lowest BCUT2D eigenvalue weighted by Gasteiger charge is -2.10. The number of fused-ring (bicyclic) bond motifs is 1. The highest BCUT2D eigenvalue weighted by atomic mass is 35.5. The summed E-state index contributed by atoms with van der Waals surface area (Å²) in [7, 11) is 0. The van der Waals surface area contributed by atoms with Gasteiger partial charge in [-0.3, -0.25) is 9.59 Å². The number of phenolic OH excluding ortho intramolecular Hbond substituents is 1. The van der Waals surface area contributed by atoms with Crippen molar-refractivity contribution >= 4 is 46.4 Å². The SMILES string of the molecule is O=C(O)C(=Cc1ccccc1O)NC(=O)c1ccc(C(=O)NCc2cccc3[nH]ccc23)cc1Cl. The molecule has 0 fully saturated rings. The molecule has 0 unspecified atom stereocenters. The van der Waals surface area contributed by atoms with E-state index in [0.29, 0.717) is 6.54 Å². The number of hydrogen-bond acceptors (Lipinski definition) is 4. The zero-order valence-corrected chi connectivity index (χ0v) is 19.0. The second kappa shape index (κ2) is 10.1. The first kappa shape index (κ1) is 23.6. The van der Waals surface area contributed by atoms with Gasteiger partial charge in [-0.25, -0.2) is 4.79 Å². The molecule has 0 radical (unpaired) electrons. The first-order chi connectivity index (χ1) is 16.8. The van der Waals surface area contributed by atoms with Crippen molar-refractivity contribution in [1.82, 2.24) is 15.6 Å². The number of aliphatic carboxylic acids is 1. The minimum Gasteiger partial charge on any atom is -0.507 e. The number of aromatic amines is 1. The summed E-state index contributed by atoms with van der Waals surface area (Å²) in [5.41, 5.74) is 1.91. The van der Waals surface area contributed by atoms with Gasteiger partial charge in [0.2, 0.25) is 0 Å². The van der Waals surface area contributed by atoms with Crippen LogP contribution in [0.3, 0.4) is 0 Å². The van der Waals surface area contributed by atoms with Gasteiger partial charge in [0.15, 0.2) is 0 Å². The molecule has 1 aromatic heterocycles. The molecule has 3 aromatic carbocycles. The smallest absolute Gasteiger partial charge is 0.352 e. The van der Waals surface area contributed by atoms with Crippen molar-refractivity contribution < 1.29 is 24.6 Å². The second-order valence-corrected chi connectivity index (χ2v) is 8.02. The summed E-state index contributed by atoms with van der Waals surface area (Å²) >= 11 is 6.25. The van der Waals surface area contributed by atoms with Gasteiger partial charge in [0.1, 0.15) is 11.4 Å². The number of halogens is 1. The largest absolute Gasteiger partial charge is 0.507 e. The van der Waals surface area contributed by atoms with Gasteiger partial charge in [-0.15, -0.1) is 0 Å². The zero-order valence-electron chi connectivity index (χ0n) is 18.2. The Bertz CT molecular complexity index is 1470. The van der Waals surface area contributed by atoms with E-state index < -0.39 is 17.6 Å². The molecule has 5 N–H and O–H groups in total. The Balaban J connectivity index is 1.47. The molecule has 1 heterocycles. The average molecular weight is 490 g/mol. The lowest BCUT2D eigenvalue weighted by molar-refractivity contribution is -0.132. The molecule has 4 aromatic rings. The van der Waals surface area contributed by atoms with E-state index in [2.05, 4.69) is 15.6 Å². The Morgan fingerprint density at radius 2 is 1.77 bits per heavy atom. The van der Waals surface area contributed by atoms with Crippen LogP contribution in [-0.2, 0) is 11.3 Å². The molecule has 8 nitrogen and oxygen atoms in total. The molecule has 176 valence electrons. The Labute approximate surface area is 204 Å². The third-order valence-corrected chi connectivity index (χ3v) is 5.63. The highest BCUT2D eigenvalue weighted by Crippen LogP contribution is 2.21. The zero-order chi connectivity index (χ0) is 24.9. The van der Waals surface area contributed by atoms with Crippen LogP contribution in [0.2, 0.25) is 5.02 Å². The fourth-order valence-corrected chi connectivity index (χ4v) is 3.80. The molecule has 4 rings (SSSR count). The van der Waals surface area contributed by atoms with E-state index in [1.807, 2.05) is 30.5 Å². The van der Waals surface area contributed by atoms with E-state index in [4.69, 9.17) is 11.6 Å². The maximum Gasteiger partial charge on any atom is 0.352 e. The van der Waals surface area contributed by atoms with Crippen molar-refractivity contribution in [3.8, 4) is 5.75 Å². The van der Waals surface area contributed by atoms with E-state index in [9.17, 15) is 24.6 Å². The summed E-state index contributed by atoms with van der Waals surface area (Å²) in [5, 5.41) is 25.4. The van der Waals surface area contributed by atoms with Gasteiger partial charge in [0.05, 0.1) is 10.6 Å². The van der Waals surface area contributed by atoms with Crippen molar-refractivity contribution in [3.63, 3.8) is 0 Å². The van der Waals surface area contributed by atoms with E-state index in [0.717, 1.165) is 22.5 Å². The predicted molar refractivity (Wildman–Crippen MR) is 132 cm³/mol. The molecule has 0 saturated carbocycles. The summed E-state index contributed by atoms with van der Waals surface area (Å²) in [6.07, 6.45) is 2.96. The maximum absolute atomic E-state index is 12.7. The van der Waals surface area contributed by atoms with Crippen molar-refractivity contribution in [2.75, 3.05) is 0 Å². The van der Waals surface area contributed by atoms with Crippen LogP contribution in [0.4, 0.5) is 0 Å². The van der Waals surface area contributed by atoms with Crippen LogP contribution in [0.1, 0.15) is 31.8 Å². The van der Waals surface area contributed by atoms with Crippen molar-refractivity contribution in [2.24, 2.45) is 0 Å². The van der Waals surface area contributed by atoms with E-state index in [-0.39, 0.29) is 33.4 Å². The molecule has 35 heavy (non-hydrogen) atoms. The number of amides is 2. The fourth-order valence-electron chi connectivity index (χ4n) is 3.53. The van der Waals surface area contributed by atoms with Crippen molar-refractivity contribution in [1.29, 1.82) is 0 Å². The van der Waals surface area contributed by atoms with Gasteiger partial charge in [-0.2, -0.15) is 0 Å². The van der Waals surface area contributed by atoms with Crippen LogP contribution in [0, 0.1) is 0 Å². The van der Waals surface area contributed by atoms with Crippen molar-refractivity contribution in [2.45, 2.75) is 6.54 Å². The van der Waals surface area contributed by atoms with Crippen LogP contribution in [0.25, 0.3) is 17.0 Å². The van der Waals surface area contributed by atoms with Gasteiger partial charge in [-0.1, -0.05) is 41.9 Å². The standard InChI is InChI=1S/C26H20ClN3O5/c27-20-12-16(24(32)29-14-17-5-3-6-21-18(17)10-11-28-21)8-9-19(20)25(33)30-22(26(34)35)13-15-4-1-2-7-23(15)31/h1-13,28,31H,14H2,(H,29,32)(H,30,33)(H,34,35). The number of carbonyl (C=O) groups excluding carboxylic acids is 2. The summed E-state index contributed by atoms with van der Waals surface area (Å²) in [4.78, 5) is 40.1. The number of benzene rings is 3. The molecule has 0 atom stereocenters. The van der Waals surface area contributed by atoms with Gasteiger partial charge in [-0.05, 0) is 48.0 Å². The number of carbonyl (C=O) groups is 3. The van der Waals surface area contributed by atoms with Crippen LogP contribution in [0.15, 0.2) is 78.6 Å². The number of carboxylic acid groups (broad SMARTS) is 1. The first-order valence-electron chi connectivity index (χ1n) is 10.5. The van der Waals surface area contributed by atoms with E-state index in [1.54, 1.807) is 12.1 Å². The topological polar surface area (TPSA) is 132 Å². The molecular formula is C26H20ClN3O5. The number of para-hydroxylation sites is 1. The number of hydrogen-bond donors (Lipinski definition) is 5. The van der Waals surface area contributed by atoms with Crippen LogP contribution < -0.4 is 10.6 Å². The average Bonchev–Trinajstić information content (AvgIpc) is 3.32. The van der Waals surface area contributed by atoms with E-state index in [1.165, 1.54) is 30.3 Å². The Morgan fingerprint density at radius 1 is 0.971 bits per heavy atom. The lowest BCUT2D eigenvalue weighted by atomic mass is 10.1. The molecule has 0 aliphatic rings. The molecule has 0 bridgehead atoms. The Kier molecular flexibility index (Phi) is 6.84.